The van der Waals surface area contributed by atoms with Gasteiger partial charge in [0.2, 0.25) is 17.5 Å². The molecule has 4 heterocycles. The maximum Gasteiger partial charge on any atom is 0.313 e. The number of carbonyl (C=O) groups is 4. The molecule has 198 valence electrons. The molecule has 0 aromatic carbocycles. The monoisotopic (exact) mass is 587 g/mol. The number of aryl methyl sites for hydroxylation is 1. The number of thioether (sulfide) groups is 3. The average molecular weight is 588 g/mol. The van der Waals surface area contributed by atoms with Crippen molar-refractivity contribution < 1.29 is 29.1 Å². The van der Waals surface area contributed by atoms with E-state index >= 15 is 0 Å². The number of anilines is 1. The fourth-order valence-electron chi connectivity index (χ4n) is 3.51. The molecule has 3 amide bonds. The van der Waals surface area contributed by atoms with Crippen LogP contribution in [0.3, 0.4) is 0 Å². The van der Waals surface area contributed by atoms with Gasteiger partial charge in [-0.05, 0) is 16.7 Å². The van der Waals surface area contributed by atoms with Crippen LogP contribution in [0.2, 0.25) is 0 Å². The second-order valence-corrected chi connectivity index (χ2v) is 11.6. The van der Waals surface area contributed by atoms with Crippen LogP contribution in [-0.4, -0.2) is 107 Å². The highest BCUT2D eigenvalue weighted by Crippen LogP contribution is 2.44. The Bertz CT molecular complexity index is 1220. The lowest BCUT2D eigenvalue weighted by Gasteiger charge is -2.53. The van der Waals surface area contributed by atoms with Crippen LogP contribution in [0.15, 0.2) is 15.7 Å². The second-order valence-electron chi connectivity index (χ2n) is 7.85. The van der Waals surface area contributed by atoms with Gasteiger partial charge in [-0.25, -0.2) is 9.67 Å². The summed E-state index contributed by atoms with van der Waals surface area (Å²) < 4.78 is 1.45. The zero-order valence-corrected chi connectivity index (χ0v) is 22.7. The Morgan fingerprint density at radius 3 is 2.95 bits per heavy atom. The van der Waals surface area contributed by atoms with E-state index in [1.54, 1.807) is 13.3 Å². The number of aromatic nitrogens is 5. The number of hydrogen-bond donors (Lipinski definition) is 3. The van der Waals surface area contributed by atoms with Gasteiger partial charge >= 0.3 is 5.97 Å². The van der Waals surface area contributed by atoms with E-state index in [1.165, 1.54) is 50.2 Å². The first kappa shape index (κ1) is 27.1. The number of β-lactam (4-membered cyclic amide) rings is 1. The molecule has 3 atom stereocenters. The number of carboxylic acids is 1. The van der Waals surface area contributed by atoms with Gasteiger partial charge in [0.25, 0.3) is 5.91 Å². The van der Waals surface area contributed by atoms with Crippen molar-refractivity contribution in [2.45, 2.75) is 16.6 Å². The van der Waals surface area contributed by atoms with Crippen molar-refractivity contribution in [3.63, 3.8) is 0 Å². The molecular formula is C18H21N9O6S4. The van der Waals surface area contributed by atoms with E-state index in [4.69, 9.17) is 4.84 Å². The van der Waals surface area contributed by atoms with Crippen molar-refractivity contribution in [3.05, 3.63) is 11.1 Å². The molecule has 3 N–H and O–H groups in total. The number of nitrogens with one attached hydrogen (secondary N) is 2. The molecule has 15 nitrogen and oxygen atoms in total. The number of carboxylic acid groups (broad SMARTS) is 1. The van der Waals surface area contributed by atoms with Gasteiger partial charge in [-0.1, -0.05) is 16.9 Å². The number of thiazole rings is 1. The number of fused-ring (bicyclic) bond motifs is 1. The molecule has 2 unspecified atom stereocenters. The molecule has 19 heteroatoms. The maximum absolute atomic E-state index is 13.1. The Kier molecular flexibility index (Phi) is 8.55. The van der Waals surface area contributed by atoms with Gasteiger partial charge in [-0.2, -0.15) is 0 Å². The smallest absolute Gasteiger partial charge is 0.313 e. The predicted molar refractivity (Wildman–Crippen MR) is 137 cm³/mol. The number of hydrogen-bond acceptors (Lipinski definition) is 14. The summed E-state index contributed by atoms with van der Waals surface area (Å²) in [5, 5.41) is 32.0. The minimum Gasteiger partial charge on any atom is -0.481 e. The van der Waals surface area contributed by atoms with Crippen LogP contribution in [0.4, 0.5) is 5.13 Å². The van der Waals surface area contributed by atoms with Crippen molar-refractivity contribution in [2.75, 3.05) is 35.6 Å². The first-order chi connectivity index (χ1) is 17.8. The molecule has 2 aromatic rings. The first-order valence-electron chi connectivity index (χ1n) is 10.5. The Morgan fingerprint density at radius 2 is 2.27 bits per heavy atom. The lowest BCUT2D eigenvalue weighted by Crippen LogP contribution is -2.74. The summed E-state index contributed by atoms with van der Waals surface area (Å²) in [5.41, 5.74) is -1.18. The van der Waals surface area contributed by atoms with Crippen LogP contribution in [0.5, 0.6) is 0 Å². The molecular weight excluding hydrogens is 567 g/mol. The zero-order valence-electron chi connectivity index (χ0n) is 19.4. The van der Waals surface area contributed by atoms with Crippen LogP contribution in [0, 0.1) is 5.41 Å². The van der Waals surface area contributed by atoms with E-state index in [1.807, 2.05) is 0 Å². The van der Waals surface area contributed by atoms with Gasteiger partial charge in [-0.3, -0.25) is 19.2 Å². The Morgan fingerprint density at radius 1 is 1.46 bits per heavy atom. The molecule has 2 aliphatic rings. The van der Waals surface area contributed by atoms with E-state index in [0.717, 1.165) is 11.3 Å². The number of nitrogens with zero attached hydrogens (tertiary/aromatic N) is 7. The summed E-state index contributed by atoms with van der Waals surface area (Å²) in [4.78, 5) is 59.7. The third kappa shape index (κ3) is 5.68. The maximum atomic E-state index is 13.1. The summed E-state index contributed by atoms with van der Waals surface area (Å²) in [6.07, 6.45) is 2.26. The molecule has 2 saturated heterocycles. The summed E-state index contributed by atoms with van der Waals surface area (Å²) >= 11 is 4.94. The highest BCUT2D eigenvalue weighted by atomic mass is 32.2. The Labute approximate surface area is 226 Å². The summed E-state index contributed by atoms with van der Waals surface area (Å²) in [5.74, 6) is -1.51. The Balaban J connectivity index is 1.43. The van der Waals surface area contributed by atoms with Crippen molar-refractivity contribution in [1.29, 1.82) is 0 Å². The van der Waals surface area contributed by atoms with Crippen molar-refractivity contribution in [3.8, 4) is 0 Å². The molecule has 0 aliphatic carbocycles. The van der Waals surface area contributed by atoms with Crippen LogP contribution >= 0.6 is 46.6 Å². The summed E-state index contributed by atoms with van der Waals surface area (Å²) in [6, 6.07) is -0.864. The lowest BCUT2D eigenvalue weighted by atomic mass is 9.89. The minimum absolute atomic E-state index is 0.00588. The highest BCUT2D eigenvalue weighted by molar-refractivity contribution is 8.00. The van der Waals surface area contributed by atoms with E-state index in [2.05, 4.69) is 36.3 Å². The molecule has 2 fully saturated rings. The molecule has 2 aliphatic heterocycles. The first-order valence-corrected chi connectivity index (χ1v) is 14.8. The van der Waals surface area contributed by atoms with Gasteiger partial charge in [0.1, 0.15) is 22.5 Å². The lowest BCUT2D eigenvalue weighted by molar-refractivity contribution is -0.157. The van der Waals surface area contributed by atoms with E-state index < -0.39 is 34.6 Å². The molecule has 0 saturated carbocycles. The third-order valence-corrected chi connectivity index (χ3v) is 9.42. The molecule has 0 radical (unpaired) electrons. The normalized spacial score (nSPS) is 23.1. The van der Waals surface area contributed by atoms with Gasteiger partial charge < -0.3 is 25.5 Å². The summed E-state index contributed by atoms with van der Waals surface area (Å²) in [6.45, 7) is -0.00588. The predicted octanol–water partition coefficient (Wildman–Crippen LogP) is -0.461. The van der Waals surface area contributed by atoms with Crippen molar-refractivity contribution >= 4 is 81.7 Å². The van der Waals surface area contributed by atoms with Crippen LogP contribution in [-0.2, 0) is 31.1 Å². The van der Waals surface area contributed by atoms with E-state index in [9.17, 15) is 24.3 Å². The zero-order chi connectivity index (χ0) is 26.6. The van der Waals surface area contributed by atoms with Crippen LogP contribution in [0.25, 0.3) is 0 Å². The standard InChI is InChI=1S/C18H21N9O6S4/c1-26-17(22-24-25-26)37-6-18(15(31)32)4-27-13(30)11(14(27)36-5-18)21-12(29)10(23-33-8-34-2)9-3-35-16(20-9)19-7-28/h3,7,11,14H,4-6,8H2,1-2H3,(H,21,29)(H,31,32)(H,19,20,28)/t11?,14-,18?/m1/s1. The number of tetrazole rings is 1. The van der Waals surface area contributed by atoms with Gasteiger partial charge in [0, 0.05) is 30.5 Å². The molecule has 37 heavy (non-hydrogen) atoms. The molecule has 0 spiro atoms. The van der Waals surface area contributed by atoms with Gasteiger partial charge in [0.15, 0.2) is 16.8 Å². The number of aliphatic carboxylic acids is 1. The number of amides is 3. The topological polar surface area (TPSA) is 194 Å². The van der Waals surface area contributed by atoms with Gasteiger partial charge in [0.05, 0.1) is 0 Å². The van der Waals surface area contributed by atoms with Gasteiger partial charge in [-0.15, -0.1) is 40.0 Å². The average Bonchev–Trinajstić information content (AvgIpc) is 3.52. The van der Waals surface area contributed by atoms with Crippen LogP contribution in [0.1, 0.15) is 5.69 Å². The molecule has 0 bridgehead atoms. The Hall–Kier alpha value is -2.90. The minimum atomic E-state index is -1.21. The number of rotatable bonds is 12. The fraction of sp³-hybridized carbons (Fsp3) is 0.500. The summed E-state index contributed by atoms with van der Waals surface area (Å²) in [7, 11) is 1.66. The third-order valence-electron chi connectivity index (χ3n) is 5.41. The SMILES string of the molecule is CSCON=C(C(=O)NC1C(=O)N2CC(CSc3nnnn3C)(C(=O)O)CS[C@H]12)c1csc(NC=O)n1. The van der Waals surface area contributed by atoms with Crippen molar-refractivity contribution in [1.82, 2.24) is 35.4 Å². The highest BCUT2D eigenvalue weighted by Gasteiger charge is 2.57. The quantitative estimate of drug-likeness (QED) is 0.0550. The number of oxime groups is 1. The largest absolute Gasteiger partial charge is 0.481 e. The van der Waals surface area contributed by atoms with Crippen LogP contribution < -0.4 is 10.6 Å². The molecule has 4 rings (SSSR count). The fourth-order valence-corrected chi connectivity index (χ4v) is 7.03. The van der Waals surface area contributed by atoms with E-state index in [-0.39, 0.29) is 40.5 Å². The second kappa shape index (κ2) is 11.7. The van der Waals surface area contributed by atoms with Crippen molar-refractivity contribution in [2.24, 2.45) is 17.6 Å². The molecule has 2 aromatic heterocycles. The van der Waals surface area contributed by atoms with E-state index in [0.29, 0.717) is 11.6 Å². The number of carbonyl (C=O) groups excluding carboxylic acids is 3.